The van der Waals surface area contributed by atoms with Gasteiger partial charge >= 0.3 is 11.7 Å². The molecular formula is C13H12N2O6. The van der Waals surface area contributed by atoms with Crippen LogP contribution >= 0.6 is 0 Å². The van der Waals surface area contributed by atoms with Crippen LogP contribution in [0.3, 0.4) is 0 Å². The van der Waals surface area contributed by atoms with Gasteiger partial charge in [-0.25, -0.2) is 9.59 Å². The highest BCUT2D eigenvalue weighted by molar-refractivity contribution is 5.82. The second kappa shape index (κ2) is 6.04. The third kappa shape index (κ3) is 3.16. The van der Waals surface area contributed by atoms with Gasteiger partial charge in [0, 0.05) is 24.8 Å². The summed E-state index contributed by atoms with van der Waals surface area (Å²) in [5.74, 6) is -1.18. The van der Waals surface area contributed by atoms with E-state index in [1.807, 2.05) is 0 Å². The number of hydrogen-bond donors (Lipinski definition) is 0. The van der Waals surface area contributed by atoms with E-state index >= 15 is 0 Å². The molecule has 1 aromatic heterocycles. The van der Waals surface area contributed by atoms with E-state index in [-0.39, 0.29) is 24.4 Å². The monoisotopic (exact) mass is 292 g/mol. The van der Waals surface area contributed by atoms with E-state index in [4.69, 9.17) is 9.15 Å². The van der Waals surface area contributed by atoms with E-state index in [0.29, 0.717) is 5.52 Å². The second-order valence-electron chi connectivity index (χ2n) is 4.04. The maximum Gasteiger partial charge on any atom is 0.420 e. The number of esters is 1. The summed E-state index contributed by atoms with van der Waals surface area (Å²) >= 11 is 0. The van der Waals surface area contributed by atoms with E-state index in [2.05, 4.69) is 0 Å². The molecule has 0 spiro atoms. The van der Waals surface area contributed by atoms with Crippen molar-refractivity contribution in [2.75, 3.05) is 6.61 Å². The highest BCUT2D eigenvalue weighted by Gasteiger charge is 2.13. The molecule has 0 amide bonds. The molecule has 0 fully saturated rings. The van der Waals surface area contributed by atoms with Crippen molar-refractivity contribution >= 4 is 22.8 Å². The van der Waals surface area contributed by atoms with Crippen LogP contribution in [0.4, 0.5) is 5.69 Å². The van der Waals surface area contributed by atoms with Crippen LogP contribution in [-0.2, 0) is 16.1 Å². The number of non-ortho nitro benzene ring substituents is 1. The first-order chi connectivity index (χ1) is 10.0. The van der Waals surface area contributed by atoms with Gasteiger partial charge in [-0.3, -0.25) is 14.7 Å². The standard InChI is InChI=1S/C13H12N2O6/c1-2-20-12(16)4-3-7-14-10-8-9(15(18)19)5-6-11(10)21-13(14)17/h3-6,8H,2,7H2,1H3/b4-3+. The summed E-state index contributed by atoms with van der Waals surface area (Å²) in [5.41, 5.74) is 0.393. The molecule has 0 atom stereocenters. The molecule has 0 aliphatic carbocycles. The summed E-state index contributed by atoms with van der Waals surface area (Å²) in [6, 6.07) is 3.86. The zero-order valence-electron chi connectivity index (χ0n) is 11.1. The molecule has 8 heteroatoms. The molecule has 1 aromatic carbocycles. The number of fused-ring (bicyclic) bond motifs is 1. The number of allylic oxidation sites excluding steroid dienone is 1. The molecule has 110 valence electrons. The third-order valence-electron chi connectivity index (χ3n) is 2.69. The topological polar surface area (TPSA) is 105 Å². The van der Waals surface area contributed by atoms with E-state index in [0.717, 1.165) is 0 Å². The van der Waals surface area contributed by atoms with E-state index < -0.39 is 16.6 Å². The zero-order chi connectivity index (χ0) is 15.4. The molecule has 0 saturated carbocycles. The van der Waals surface area contributed by atoms with Gasteiger partial charge in [-0.05, 0) is 13.0 Å². The maximum atomic E-state index is 11.7. The van der Waals surface area contributed by atoms with Crippen LogP contribution < -0.4 is 5.76 Å². The Hall–Kier alpha value is -2.90. The summed E-state index contributed by atoms with van der Waals surface area (Å²) < 4.78 is 10.9. The van der Waals surface area contributed by atoms with Crippen LogP contribution in [0.1, 0.15) is 6.92 Å². The molecule has 0 radical (unpaired) electrons. The van der Waals surface area contributed by atoms with E-state index in [1.54, 1.807) is 6.92 Å². The lowest BCUT2D eigenvalue weighted by atomic mass is 10.3. The van der Waals surface area contributed by atoms with Crippen molar-refractivity contribution in [3.05, 3.63) is 51.0 Å². The minimum Gasteiger partial charge on any atom is -0.463 e. The van der Waals surface area contributed by atoms with Crippen LogP contribution in [0.15, 0.2) is 39.6 Å². The molecule has 0 aliphatic heterocycles. The molecule has 0 aliphatic rings. The van der Waals surface area contributed by atoms with Crippen LogP contribution in [0.2, 0.25) is 0 Å². The average Bonchev–Trinajstić information content (AvgIpc) is 2.74. The molecule has 0 N–H and O–H groups in total. The molecule has 21 heavy (non-hydrogen) atoms. The highest BCUT2D eigenvalue weighted by atomic mass is 16.6. The first-order valence-corrected chi connectivity index (χ1v) is 6.14. The molecule has 1 heterocycles. The molecule has 0 saturated heterocycles. The Labute approximate surface area is 118 Å². The van der Waals surface area contributed by atoms with Gasteiger partial charge in [0.15, 0.2) is 5.58 Å². The Morgan fingerprint density at radius 3 is 2.95 bits per heavy atom. The first-order valence-electron chi connectivity index (χ1n) is 6.14. The smallest absolute Gasteiger partial charge is 0.420 e. The summed E-state index contributed by atoms with van der Waals surface area (Å²) in [6.45, 7) is 1.98. The maximum absolute atomic E-state index is 11.7. The minimum atomic E-state index is -0.654. The largest absolute Gasteiger partial charge is 0.463 e. The Morgan fingerprint density at radius 1 is 1.52 bits per heavy atom. The number of aromatic nitrogens is 1. The van der Waals surface area contributed by atoms with Gasteiger partial charge in [0.05, 0.1) is 17.0 Å². The number of rotatable bonds is 5. The van der Waals surface area contributed by atoms with Crippen LogP contribution in [0, 0.1) is 10.1 Å². The van der Waals surface area contributed by atoms with Crippen molar-refractivity contribution in [3.8, 4) is 0 Å². The second-order valence-corrected chi connectivity index (χ2v) is 4.04. The highest BCUT2D eigenvalue weighted by Crippen LogP contribution is 2.19. The number of nitro groups is 1. The molecule has 8 nitrogen and oxygen atoms in total. The molecule has 2 aromatic rings. The van der Waals surface area contributed by atoms with Crippen molar-refractivity contribution < 1.29 is 18.9 Å². The fourth-order valence-corrected chi connectivity index (χ4v) is 1.78. The van der Waals surface area contributed by atoms with E-state index in [1.165, 1.54) is 34.9 Å². The number of nitrogens with zero attached hydrogens (tertiary/aromatic N) is 2. The average molecular weight is 292 g/mol. The van der Waals surface area contributed by atoms with Crippen molar-refractivity contribution in [1.82, 2.24) is 4.57 Å². The van der Waals surface area contributed by atoms with E-state index in [9.17, 15) is 19.7 Å². The normalized spacial score (nSPS) is 11.1. The van der Waals surface area contributed by atoms with Gasteiger partial charge in [0.1, 0.15) is 0 Å². The number of benzene rings is 1. The number of ether oxygens (including phenoxy) is 1. The van der Waals surface area contributed by atoms with Crippen molar-refractivity contribution in [1.29, 1.82) is 0 Å². The summed E-state index contributed by atoms with van der Waals surface area (Å²) in [4.78, 5) is 33.0. The molecule has 2 rings (SSSR count). The van der Waals surface area contributed by atoms with Gasteiger partial charge in [0.2, 0.25) is 0 Å². The number of hydrogen-bond acceptors (Lipinski definition) is 6. The lowest BCUT2D eigenvalue weighted by Crippen LogP contribution is -2.13. The van der Waals surface area contributed by atoms with Gasteiger partial charge < -0.3 is 9.15 Å². The number of oxazole rings is 1. The first kappa shape index (κ1) is 14.5. The SMILES string of the molecule is CCOC(=O)/C=C/Cn1c(=O)oc2ccc([N+](=O)[O-])cc21. The fourth-order valence-electron chi connectivity index (χ4n) is 1.78. The summed E-state index contributed by atoms with van der Waals surface area (Å²) in [5, 5.41) is 10.8. The van der Waals surface area contributed by atoms with Gasteiger partial charge in [-0.1, -0.05) is 6.08 Å². The van der Waals surface area contributed by atoms with Gasteiger partial charge in [0.25, 0.3) is 5.69 Å². The Morgan fingerprint density at radius 2 is 2.29 bits per heavy atom. The molecule has 0 unspecified atom stereocenters. The number of carbonyl (C=O) groups is 1. The summed E-state index contributed by atoms with van der Waals surface area (Å²) in [7, 11) is 0. The van der Waals surface area contributed by atoms with Crippen LogP contribution in [-0.4, -0.2) is 22.1 Å². The Bertz CT molecular complexity index is 771. The number of carbonyl (C=O) groups excluding carboxylic acids is 1. The zero-order valence-corrected chi connectivity index (χ0v) is 11.1. The predicted octanol–water partition coefficient (Wildman–Crippen LogP) is 1.62. The van der Waals surface area contributed by atoms with Crippen molar-refractivity contribution in [2.24, 2.45) is 0 Å². The molecule has 0 bridgehead atoms. The summed E-state index contributed by atoms with van der Waals surface area (Å²) in [6.07, 6.45) is 2.61. The Kier molecular flexibility index (Phi) is 4.17. The van der Waals surface area contributed by atoms with Crippen molar-refractivity contribution in [3.63, 3.8) is 0 Å². The fraction of sp³-hybridized carbons (Fsp3) is 0.231. The van der Waals surface area contributed by atoms with Gasteiger partial charge in [-0.15, -0.1) is 0 Å². The lowest BCUT2D eigenvalue weighted by molar-refractivity contribution is -0.384. The number of nitro benzene ring substituents is 1. The van der Waals surface area contributed by atoms with Gasteiger partial charge in [-0.2, -0.15) is 0 Å². The molecular weight excluding hydrogens is 280 g/mol. The third-order valence-corrected chi connectivity index (χ3v) is 2.69. The van der Waals surface area contributed by atoms with Crippen LogP contribution in [0.5, 0.6) is 0 Å². The Balaban J connectivity index is 2.32. The minimum absolute atomic E-state index is 0.0474. The van der Waals surface area contributed by atoms with Crippen LogP contribution in [0.25, 0.3) is 11.1 Å². The predicted molar refractivity (Wildman–Crippen MR) is 72.9 cm³/mol. The quantitative estimate of drug-likeness (QED) is 0.359. The lowest BCUT2D eigenvalue weighted by Gasteiger charge is -1.98. The van der Waals surface area contributed by atoms with Crippen molar-refractivity contribution in [2.45, 2.75) is 13.5 Å².